The van der Waals surface area contributed by atoms with Crippen LogP contribution in [0.25, 0.3) is 11.3 Å². The number of anilines is 1. The van der Waals surface area contributed by atoms with Crippen molar-refractivity contribution in [3.05, 3.63) is 71.5 Å². The Bertz CT molecular complexity index is 2140. The monoisotopic (exact) mass is 835 g/mol. The molecule has 1 unspecified atom stereocenters. The van der Waals surface area contributed by atoms with Crippen LogP contribution in [0.3, 0.4) is 0 Å². The summed E-state index contributed by atoms with van der Waals surface area (Å²) in [5, 5.41) is 13.4. The Kier molecular flexibility index (Phi) is 14.9. The first-order chi connectivity index (χ1) is 27.0. The molecule has 0 fully saturated rings. The first kappa shape index (κ1) is 47.7. The summed E-state index contributed by atoms with van der Waals surface area (Å²) < 4.78 is 47.1. The van der Waals surface area contributed by atoms with Crippen LogP contribution in [0.5, 0.6) is 0 Å². The van der Waals surface area contributed by atoms with Crippen molar-refractivity contribution < 1.29 is 51.6 Å². The predicted octanol–water partition coefficient (Wildman–Crippen LogP) is 7.54. The van der Waals surface area contributed by atoms with Crippen molar-refractivity contribution in [1.29, 1.82) is 0 Å². The molecule has 0 saturated carbocycles. The number of sulfone groups is 1. The van der Waals surface area contributed by atoms with Crippen LogP contribution in [-0.2, 0) is 28.8 Å². The lowest BCUT2D eigenvalue weighted by Crippen LogP contribution is -2.44. The minimum Gasteiger partial charge on any atom is -0.544 e. The smallest absolute Gasteiger partial charge is 0.425 e. The second-order valence-electron chi connectivity index (χ2n) is 17.6. The number of alkyl carbamates (subject to hydrolysis) is 1. The second kappa shape index (κ2) is 18.5. The molecule has 1 atom stereocenters. The van der Waals surface area contributed by atoms with Gasteiger partial charge in [-0.1, -0.05) is 30.2 Å². The van der Waals surface area contributed by atoms with Gasteiger partial charge in [-0.25, -0.2) is 32.8 Å². The molecule has 1 heterocycles. The maximum atomic E-state index is 13.6. The second-order valence-corrected chi connectivity index (χ2v) is 20.1. The number of amides is 3. The molecule has 59 heavy (non-hydrogen) atoms. The van der Waals surface area contributed by atoms with E-state index in [9.17, 15) is 32.7 Å². The van der Waals surface area contributed by atoms with Crippen LogP contribution in [0.2, 0.25) is 0 Å². The average Bonchev–Trinajstić information content (AvgIpc) is 3.07. The lowest BCUT2D eigenvalue weighted by molar-refractivity contribution is -0.294. The fourth-order valence-electron chi connectivity index (χ4n) is 5.38. The van der Waals surface area contributed by atoms with Gasteiger partial charge in [0.15, 0.2) is 21.3 Å². The molecule has 320 valence electrons. The summed E-state index contributed by atoms with van der Waals surface area (Å²) in [6.45, 7) is 21.5. The number of carbonyl (C=O) groups excluding carboxylic acids is 4. The minimum atomic E-state index is -3.55. The summed E-state index contributed by atoms with van der Waals surface area (Å²) in [4.78, 5) is 61.0. The predicted molar refractivity (Wildman–Crippen MR) is 219 cm³/mol. The van der Waals surface area contributed by atoms with E-state index in [0.29, 0.717) is 21.6 Å². The van der Waals surface area contributed by atoms with Crippen LogP contribution in [0, 0.1) is 11.8 Å². The molecule has 0 aliphatic carbocycles. The van der Waals surface area contributed by atoms with Gasteiger partial charge < -0.3 is 34.2 Å². The van der Waals surface area contributed by atoms with E-state index >= 15 is 0 Å². The van der Waals surface area contributed by atoms with E-state index in [0.717, 1.165) is 0 Å². The van der Waals surface area contributed by atoms with Gasteiger partial charge in [-0.15, -0.1) is 0 Å². The average molecular weight is 836 g/mol. The highest BCUT2D eigenvalue weighted by Crippen LogP contribution is 2.30. The van der Waals surface area contributed by atoms with E-state index in [4.69, 9.17) is 18.9 Å². The molecule has 1 N–H and O–H groups in total. The highest BCUT2D eigenvalue weighted by Gasteiger charge is 2.36. The highest BCUT2D eigenvalue weighted by atomic mass is 32.2. The van der Waals surface area contributed by atoms with Crippen molar-refractivity contribution in [3.8, 4) is 23.1 Å². The van der Waals surface area contributed by atoms with Crippen LogP contribution in [-0.4, -0.2) is 77.0 Å². The van der Waals surface area contributed by atoms with Crippen molar-refractivity contribution in [3.63, 3.8) is 0 Å². The Morgan fingerprint density at radius 3 is 1.76 bits per heavy atom. The van der Waals surface area contributed by atoms with Crippen LogP contribution < -0.4 is 15.3 Å². The standard InChI is InChI=1S/C43H56N4O11S/c1-27(2)59(53,54)32-21-19-30(20-22-32)34-26-44-35(47(37(49)56-41(6,7)8)38(50)57-42(9,10)11)33(46-34)23-16-28-14-17-29(18-15-28)31(24-43(12,13)58-39(51)52)25-45-36(48)55-40(3,4)5/h14-15,17-22,26-27,31H,24-25H2,1-13H3,(H,45,48)(H,51,52)/p-1. The lowest BCUT2D eigenvalue weighted by atomic mass is 9.87. The first-order valence-corrected chi connectivity index (χ1v) is 20.5. The minimum absolute atomic E-state index is 0.0844. The van der Waals surface area contributed by atoms with E-state index in [2.05, 4.69) is 27.1 Å². The third-order valence-corrected chi connectivity index (χ3v) is 10.1. The van der Waals surface area contributed by atoms with Gasteiger partial charge in [-0.2, -0.15) is 4.90 Å². The first-order valence-electron chi connectivity index (χ1n) is 18.9. The molecule has 0 bridgehead atoms. The van der Waals surface area contributed by atoms with Gasteiger partial charge in [0.25, 0.3) is 6.16 Å². The molecule has 15 nitrogen and oxygen atoms in total. The molecular formula is C43H55N4O11S-. The molecule has 16 heteroatoms. The number of ether oxygens (including phenoxy) is 4. The van der Waals surface area contributed by atoms with E-state index in [-0.39, 0.29) is 35.1 Å². The van der Waals surface area contributed by atoms with E-state index in [1.807, 2.05) is 0 Å². The number of nitrogens with one attached hydrogen (secondary N) is 1. The Labute approximate surface area is 347 Å². The van der Waals surface area contributed by atoms with Gasteiger partial charge in [-0.05, 0) is 132 Å². The molecular weight excluding hydrogens is 781 g/mol. The van der Waals surface area contributed by atoms with E-state index in [1.165, 1.54) is 18.3 Å². The quantitative estimate of drug-likeness (QED) is 0.119. The van der Waals surface area contributed by atoms with Crippen molar-refractivity contribution >= 4 is 40.1 Å². The molecule has 0 spiro atoms. The largest absolute Gasteiger partial charge is 0.544 e. The Hall–Kier alpha value is -5.69. The number of imide groups is 1. The van der Waals surface area contributed by atoms with E-state index < -0.39 is 67.8 Å². The van der Waals surface area contributed by atoms with Crippen molar-refractivity contribution in [2.45, 2.75) is 135 Å². The molecule has 0 aliphatic heterocycles. The van der Waals surface area contributed by atoms with Crippen molar-refractivity contribution in [1.82, 2.24) is 15.3 Å². The third kappa shape index (κ3) is 14.9. The summed E-state index contributed by atoms with van der Waals surface area (Å²) in [6.07, 6.45) is -3.00. The Balaban J connectivity index is 2.16. The molecule has 3 amide bonds. The molecule has 3 rings (SSSR count). The van der Waals surface area contributed by atoms with Gasteiger partial charge >= 0.3 is 18.3 Å². The molecule has 0 aliphatic rings. The van der Waals surface area contributed by atoms with Crippen LogP contribution in [0.1, 0.15) is 119 Å². The summed E-state index contributed by atoms with van der Waals surface area (Å²) in [7, 11) is -3.55. The van der Waals surface area contributed by atoms with Gasteiger partial charge in [0, 0.05) is 29.2 Å². The number of rotatable bonds is 10. The van der Waals surface area contributed by atoms with Gasteiger partial charge in [0.2, 0.25) is 0 Å². The summed E-state index contributed by atoms with van der Waals surface area (Å²) in [6, 6.07) is 13.0. The summed E-state index contributed by atoms with van der Waals surface area (Å²) in [5.41, 5.74) is -2.11. The number of hydrogen-bond acceptors (Lipinski definition) is 13. The fraction of sp³-hybridized carbons (Fsp3) is 0.488. The highest BCUT2D eigenvalue weighted by molar-refractivity contribution is 7.92. The summed E-state index contributed by atoms with van der Waals surface area (Å²) >= 11 is 0. The zero-order valence-electron chi connectivity index (χ0n) is 36.0. The molecule has 0 saturated heterocycles. The maximum absolute atomic E-state index is 13.6. The zero-order valence-corrected chi connectivity index (χ0v) is 36.8. The van der Waals surface area contributed by atoms with Gasteiger partial charge in [0.1, 0.15) is 16.8 Å². The zero-order chi connectivity index (χ0) is 44.7. The molecule has 2 aromatic carbocycles. The van der Waals surface area contributed by atoms with Crippen molar-refractivity contribution in [2.24, 2.45) is 0 Å². The topological polar surface area (TPSA) is 203 Å². The third-order valence-electron chi connectivity index (χ3n) is 7.91. The number of carboxylic acid groups (broad SMARTS) is 1. The van der Waals surface area contributed by atoms with Crippen molar-refractivity contribution in [2.75, 3.05) is 11.4 Å². The number of aromatic nitrogens is 2. The number of benzene rings is 2. The Morgan fingerprint density at radius 2 is 1.29 bits per heavy atom. The van der Waals surface area contributed by atoms with Crippen LogP contribution >= 0.6 is 0 Å². The summed E-state index contributed by atoms with van der Waals surface area (Å²) in [5.74, 6) is 5.23. The number of carbonyl (C=O) groups is 4. The lowest BCUT2D eigenvalue weighted by Gasteiger charge is -2.34. The van der Waals surface area contributed by atoms with Crippen LogP contribution in [0.4, 0.5) is 25.0 Å². The maximum Gasteiger partial charge on any atom is 0.425 e. The number of hydrogen-bond donors (Lipinski definition) is 1. The normalized spacial score (nSPS) is 12.7. The number of nitrogens with zero attached hydrogens (tertiary/aromatic N) is 3. The van der Waals surface area contributed by atoms with Gasteiger partial charge in [-0.3, -0.25) is 0 Å². The van der Waals surface area contributed by atoms with Gasteiger partial charge in [0.05, 0.1) is 22.0 Å². The Morgan fingerprint density at radius 1 is 0.763 bits per heavy atom. The van der Waals surface area contributed by atoms with E-state index in [1.54, 1.807) is 126 Å². The van der Waals surface area contributed by atoms with Crippen LogP contribution in [0.15, 0.2) is 59.6 Å². The molecule has 0 radical (unpaired) electrons. The SMILES string of the molecule is CC(C)S(=O)(=O)c1ccc(-c2cnc(N(C(=O)OC(C)(C)C)C(=O)OC(C)(C)C)c(C#Cc3ccc(C(CNC(=O)OC(C)(C)C)CC(C)(C)OC(=O)[O-])cc3)n2)cc1. The fourth-order valence-corrected chi connectivity index (χ4v) is 6.44. The molecule has 1 aromatic heterocycles. The molecule has 3 aromatic rings.